The summed E-state index contributed by atoms with van der Waals surface area (Å²) in [4.78, 5) is 13.4. The molecule has 0 N–H and O–H groups in total. The van der Waals surface area contributed by atoms with Crippen molar-refractivity contribution in [3.8, 4) is 6.07 Å². The predicted octanol–water partition coefficient (Wildman–Crippen LogP) is 1.56. The third-order valence-electron chi connectivity index (χ3n) is 2.57. The molecule has 0 aliphatic carbocycles. The Morgan fingerprint density at radius 3 is 2.53 bits per heavy atom. The summed E-state index contributed by atoms with van der Waals surface area (Å²) in [7, 11) is 3.31. The lowest BCUT2D eigenvalue weighted by molar-refractivity contribution is -0.136. The van der Waals surface area contributed by atoms with Crippen LogP contribution >= 0.6 is 0 Å². The molecule has 15 heavy (non-hydrogen) atoms. The van der Waals surface area contributed by atoms with Crippen LogP contribution in [-0.2, 0) is 9.53 Å². The normalized spacial score (nSPS) is 13.1. The Bertz CT molecular complexity index is 256. The van der Waals surface area contributed by atoms with Gasteiger partial charge < -0.3 is 9.64 Å². The van der Waals surface area contributed by atoms with E-state index >= 15 is 0 Å². The van der Waals surface area contributed by atoms with Crippen LogP contribution in [0.1, 0.15) is 33.6 Å². The van der Waals surface area contributed by atoms with E-state index in [1.165, 1.54) is 0 Å². The molecular formula is C11H20N2O2. The van der Waals surface area contributed by atoms with E-state index in [1.807, 2.05) is 20.8 Å². The minimum absolute atomic E-state index is 0.00426. The monoisotopic (exact) mass is 212 g/mol. The number of nitriles is 1. The fraction of sp³-hybridized carbons (Fsp3) is 0.818. The minimum Gasteiger partial charge on any atom is -0.378 e. The van der Waals surface area contributed by atoms with Crippen LogP contribution in [0.2, 0.25) is 0 Å². The van der Waals surface area contributed by atoms with Crippen molar-refractivity contribution in [3.63, 3.8) is 0 Å². The van der Waals surface area contributed by atoms with Crippen LogP contribution in [0.25, 0.3) is 0 Å². The molecule has 0 aliphatic rings. The first kappa shape index (κ1) is 13.9. The average Bonchev–Trinajstić information content (AvgIpc) is 2.16. The van der Waals surface area contributed by atoms with Crippen molar-refractivity contribution in [1.29, 1.82) is 5.26 Å². The van der Waals surface area contributed by atoms with Crippen molar-refractivity contribution in [2.45, 2.75) is 45.3 Å². The number of nitrogens with zero attached hydrogens (tertiary/aromatic N) is 2. The van der Waals surface area contributed by atoms with E-state index in [0.717, 1.165) is 0 Å². The number of hydrogen-bond acceptors (Lipinski definition) is 3. The Labute approximate surface area is 91.8 Å². The Hall–Kier alpha value is -1.08. The highest BCUT2D eigenvalue weighted by Gasteiger charge is 2.25. The van der Waals surface area contributed by atoms with E-state index in [9.17, 15) is 4.79 Å². The lowest BCUT2D eigenvalue weighted by Gasteiger charge is -2.28. The number of carbonyl (C=O) groups is 1. The van der Waals surface area contributed by atoms with Gasteiger partial charge in [-0.3, -0.25) is 4.79 Å². The summed E-state index contributed by atoms with van der Waals surface area (Å²) in [5.74, 6) is 0.00426. The molecule has 0 bridgehead atoms. The Morgan fingerprint density at radius 2 is 2.13 bits per heavy atom. The number of hydrogen-bond donors (Lipinski definition) is 0. The molecule has 0 saturated carbocycles. The van der Waals surface area contributed by atoms with Gasteiger partial charge in [0.15, 0.2) is 0 Å². The number of carbonyl (C=O) groups excluding carboxylic acids is 1. The lowest BCUT2D eigenvalue weighted by atomic mass is 10.0. The van der Waals surface area contributed by atoms with Gasteiger partial charge in [0.2, 0.25) is 5.91 Å². The van der Waals surface area contributed by atoms with Crippen LogP contribution in [0.5, 0.6) is 0 Å². The van der Waals surface area contributed by atoms with Crippen LogP contribution < -0.4 is 0 Å². The first-order chi connectivity index (χ1) is 6.84. The van der Waals surface area contributed by atoms with Gasteiger partial charge in [-0.15, -0.1) is 0 Å². The SMILES string of the molecule is COC(C)(C)CC(=O)N(C)C(C)CC#N. The highest BCUT2D eigenvalue weighted by atomic mass is 16.5. The zero-order chi connectivity index (χ0) is 12.1. The van der Waals surface area contributed by atoms with Crippen LogP contribution in [0, 0.1) is 11.3 Å². The predicted molar refractivity (Wildman–Crippen MR) is 58.2 cm³/mol. The van der Waals surface area contributed by atoms with Gasteiger partial charge in [0.1, 0.15) is 0 Å². The molecular weight excluding hydrogens is 192 g/mol. The van der Waals surface area contributed by atoms with Gasteiger partial charge in [0.05, 0.1) is 24.5 Å². The number of methoxy groups -OCH3 is 1. The Morgan fingerprint density at radius 1 is 1.60 bits per heavy atom. The highest BCUT2D eigenvalue weighted by molar-refractivity contribution is 5.77. The molecule has 0 heterocycles. The van der Waals surface area contributed by atoms with Gasteiger partial charge >= 0.3 is 0 Å². The number of amides is 1. The summed E-state index contributed by atoms with van der Waals surface area (Å²) >= 11 is 0. The van der Waals surface area contributed by atoms with Crippen molar-refractivity contribution in [1.82, 2.24) is 4.90 Å². The summed E-state index contributed by atoms with van der Waals surface area (Å²) in [6.07, 6.45) is 0.686. The molecule has 4 heteroatoms. The molecule has 0 aromatic rings. The van der Waals surface area contributed by atoms with E-state index in [1.54, 1.807) is 19.1 Å². The fourth-order valence-corrected chi connectivity index (χ4v) is 1.08. The molecule has 0 radical (unpaired) electrons. The molecule has 1 atom stereocenters. The molecule has 0 spiro atoms. The Balaban J connectivity index is 4.28. The van der Waals surface area contributed by atoms with Crippen LogP contribution in [0.3, 0.4) is 0 Å². The molecule has 1 amide bonds. The molecule has 4 nitrogen and oxygen atoms in total. The van der Waals surface area contributed by atoms with Gasteiger partial charge in [-0.2, -0.15) is 5.26 Å². The van der Waals surface area contributed by atoms with Crippen molar-refractivity contribution < 1.29 is 9.53 Å². The molecule has 0 saturated heterocycles. The smallest absolute Gasteiger partial charge is 0.225 e. The molecule has 0 aliphatic heterocycles. The van der Waals surface area contributed by atoms with E-state index < -0.39 is 5.60 Å². The summed E-state index contributed by atoms with van der Waals surface area (Å²) in [5.41, 5.74) is -0.447. The minimum atomic E-state index is -0.447. The van der Waals surface area contributed by atoms with Gasteiger partial charge in [-0.05, 0) is 20.8 Å². The van der Waals surface area contributed by atoms with Crippen molar-refractivity contribution >= 4 is 5.91 Å². The number of rotatable bonds is 5. The van der Waals surface area contributed by atoms with E-state index in [0.29, 0.717) is 12.8 Å². The quantitative estimate of drug-likeness (QED) is 0.695. The summed E-state index contributed by atoms with van der Waals surface area (Å²) in [6, 6.07) is 2.01. The van der Waals surface area contributed by atoms with Crippen molar-refractivity contribution in [2.24, 2.45) is 0 Å². The zero-order valence-corrected chi connectivity index (χ0v) is 10.2. The highest BCUT2D eigenvalue weighted by Crippen LogP contribution is 2.15. The van der Waals surface area contributed by atoms with Gasteiger partial charge in [0.25, 0.3) is 0 Å². The van der Waals surface area contributed by atoms with E-state index in [4.69, 9.17) is 10.00 Å². The Kier molecular flexibility index (Phi) is 5.31. The fourth-order valence-electron chi connectivity index (χ4n) is 1.08. The lowest BCUT2D eigenvalue weighted by Crippen LogP contribution is -2.39. The summed E-state index contributed by atoms with van der Waals surface area (Å²) in [6.45, 7) is 5.60. The maximum absolute atomic E-state index is 11.8. The van der Waals surface area contributed by atoms with Crippen molar-refractivity contribution in [3.05, 3.63) is 0 Å². The van der Waals surface area contributed by atoms with Crippen LogP contribution in [0.4, 0.5) is 0 Å². The van der Waals surface area contributed by atoms with E-state index in [2.05, 4.69) is 6.07 Å². The van der Waals surface area contributed by atoms with Gasteiger partial charge in [-0.25, -0.2) is 0 Å². The second kappa shape index (κ2) is 5.72. The largest absolute Gasteiger partial charge is 0.378 e. The van der Waals surface area contributed by atoms with Gasteiger partial charge in [-0.1, -0.05) is 0 Å². The molecule has 86 valence electrons. The zero-order valence-electron chi connectivity index (χ0n) is 10.2. The third-order valence-corrected chi connectivity index (χ3v) is 2.57. The standard InChI is InChI=1S/C11H20N2O2/c1-9(6-7-12)13(4)10(14)8-11(2,3)15-5/h9H,6,8H2,1-5H3. The van der Waals surface area contributed by atoms with Gasteiger partial charge in [0, 0.05) is 20.2 Å². The van der Waals surface area contributed by atoms with Crippen molar-refractivity contribution in [2.75, 3.05) is 14.2 Å². The second-order valence-electron chi connectivity index (χ2n) is 4.36. The summed E-state index contributed by atoms with van der Waals surface area (Å²) in [5, 5.41) is 8.53. The third kappa shape index (κ3) is 4.80. The first-order valence-electron chi connectivity index (χ1n) is 5.02. The van der Waals surface area contributed by atoms with Crippen LogP contribution in [-0.4, -0.2) is 36.6 Å². The molecule has 0 rings (SSSR count). The first-order valence-corrected chi connectivity index (χ1v) is 5.02. The number of ether oxygens (including phenoxy) is 1. The molecule has 0 aromatic heterocycles. The summed E-state index contributed by atoms with van der Waals surface area (Å²) < 4.78 is 5.19. The second-order valence-corrected chi connectivity index (χ2v) is 4.36. The molecule has 0 fully saturated rings. The maximum atomic E-state index is 11.8. The average molecular weight is 212 g/mol. The maximum Gasteiger partial charge on any atom is 0.225 e. The van der Waals surface area contributed by atoms with Crippen LogP contribution in [0.15, 0.2) is 0 Å². The topological polar surface area (TPSA) is 53.3 Å². The molecule has 1 unspecified atom stereocenters. The van der Waals surface area contributed by atoms with E-state index in [-0.39, 0.29) is 11.9 Å². The molecule has 0 aromatic carbocycles.